The van der Waals surface area contributed by atoms with E-state index < -0.39 is 23.5 Å². The normalized spacial score (nSPS) is 21.6. The van der Waals surface area contributed by atoms with Gasteiger partial charge < -0.3 is 14.7 Å². The molecule has 1 atom stereocenters. The van der Waals surface area contributed by atoms with Crippen molar-refractivity contribution in [2.45, 2.75) is 6.04 Å². The van der Waals surface area contributed by atoms with E-state index in [1.165, 1.54) is 29.2 Å². The van der Waals surface area contributed by atoms with Crippen LogP contribution in [-0.2, 0) is 14.3 Å². The topological polar surface area (TPSA) is 70.1 Å². The van der Waals surface area contributed by atoms with Gasteiger partial charge in [-0.25, -0.2) is 4.39 Å². The van der Waals surface area contributed by atoms with E-state index in [-0.39, 0.29) is 11.3 Å². The summed E-state index contributed by atoms with van der Waals surface area (Å²) in [5, 5.41) is 11.4. The first-order chi connectivity index (χ1) is 15.0. The maximum absolute atomic E-state index is 13.5. The van der Waals surface area contributed by atoms with Gasteiger partial charge in [-0.2, -0.15) is 0 Å². The predicted molar refractivity (Wildman–Crippen MR) is 114 cm³/mol. The number of amides is 1. The molecule has 2 saturated heterocycles. The third-order valence-corrected chi connectivity index (χ3v) is 5.86. The molecule has 0 aromatic heterocycles. The van der Waals surface area contributed by atoms with Crippen LogP contribution in [0.4, 0.5) is 4.39 Å². The molecule has 2 heterocycles. The molecule has 2 aromatic carbocycles. The minimum Gasteiger partial charge on any atom is -0.507 e. The lowest BCUT2D eigenvalue weighted by Crippen LogP contribution is -2.42. The SMILES string of the molecule is O=C1C(=O)N(CCN2CCOCC2)[C@@H](c2ccc(F)cc2)/C1=C(\O)c1ccc(Cl)cc1. The van der Waals surface area contributed by atoms with Gasteiger partial charge >= 0.3 is 0 Å². The number of ketones is 1. The van der Waals surface area contributed by atoms with E-state index in [1.807, 2.05) is 0 Å². The maximum atomic E-state index is 13.5. The van der Waals surface area contributed by atoms with Crippen LogP contribution >= 0.6 is 11.6 Å². The predicted octanol–water partition coefficient (Wildman–Crippen LogP) is 3.23. The number of Topliss-reactive ketones (excluding diaryl/α,β-unsaturated/α-hetero) is 1. The summed E-state index contributed by atoms with van der Waals surface area (Å²) < 4.78 is 18.9. The number of carbonyl (C=O) groups is 2. The van der Waals surface area contributed by atoms with E-state index >= 15 is 0 Å². The Balaban J connectivity index is 1.72. The van der Waals surface area contributed by atoms with E-state index in [4.69, 9.17) is 16.3 Å². The first kappa shape index (κ1) is 21.5. The Labute approximate surface area is 184 Å². The van der Waals surface area contributed by atoms with E-state index in [1.54, 1.807) is 24.3 Å². The summed E-state index contributed by atoms with van der Waals surface area (Å²) in [6.07, 6.45) is 0. The summed E-state index contributed by atoms with van der Waals surface area (Å²) in [4.78, 5) is 29.5. The second-order valence-corrected chi connectivity index (χ2v) is 7.94. The van der Waals surface area contributed by atoms with Crippen molar-refractivity contribution < 1.29 is 23.8 Å². The molecule has 0 radical (unpaired) electrons. The van der Waals surface area contributed by atoms with Gasteiger partial charge in [0.25, 0.3) is 11.7 Å². The zero-order chi connectivity index (χ0) is 22.0. The van der Waals surface area contributed by atoms with E-state index in [9.17, 15) is 19.1 Å². The maximum Gasteiger partial charge on any atom is 0.295 e. The Morgan fingerprint density at radius 1 is 1.03 bits per heavy atom. The molecule has 0 aliphatic carbocycles. The van der Waals surface area contributed by atoms with Gasteiger partial charge in [0, 0.05) is 36.8 Å². The summed E-state index contributed by atoms with van der Waals surface area (Å²) in [6.45, 7) is 3.60. The highest BCUT2D eigenvalue weighted by Gasteiger charge is 2.46. The fourth-order valence-corrected chi connectivity index (χ4v) is 4.07. The lowest BCUT2D eigenvalue weighted by Gasteiger charge is -2.31. The quantitative estimate of drug-likeness (QED) is 0.435. The molecule has 162 valence electrons. The van der Waals surface area contributed by atoms with Crippen LogP contribution < -0.4 is 0 Å². The molecule has 2 aliphatic rings. The highest BCUT2D eigenvalue weighted by Crippen LogP contribution is 2.39. The zero-order valence-corrected chi connectivity index (χ0v) is 17.5. The third kappa shape index (κ3) is 4.49. The molecule has 0 saturated carbocycles. The van der Waals surface area contributed by atoms with Gasteiger partial charge in [0.2, 0.25) is 0 Å². The number of ether oxygens (including phenoxy) is 1. The fourth-order valence-electron chi connectivity index (χ4n) is 3.94. The molecular weight excluding hydrogens is 423 g/mol. The van der Waals surface area contributed by atoms with E-state index in [2.05, 4.69) is 4.90 Å². The van der Waals surface area contributed by atoms with Crippen LogP contribution in [0.15, 0.2) is 54.1 Å². The number of hydrogen-bond acceptors (Lipinski definition) is 5. The largest absolute Gasteiger partial charge is 0.507 e. The van der Waals surface area contributed by atoms with Crippen LogP contribution in [0, 0.1) is 5.82 Å². The van der Waals surface area contributed by atoms with Crippen molar-refractivity contribution >= 4 is 29.1 Å². The van der Waals surface area contributed by atoms with Crippen LogP contribution in [-0.4, -0.2) is 66.0 Å². The lowest BCUT2D eigenvalue weighted by molar-refractivity contribution is -0.140. The second-order valence-electron chi connectivity index (χ2n) is 7.50. The minimum absolute atomic E-state index is 0.0130. The second kappa shape index (κ2) is 9.18. The van der Waals surface area contributed by atoms with Crippen molar-refractivity contribution in [3.05, 3.63) is 76.1 Å². The number of halogens is 2. The molecule has 0 spiro atoms. The number of nitrogens with zero attached hydrogens (tertiary/aromatic N) is 2. The molecule has 4 rings (SSSR count). The van der Waals surface area contributed by atoms with Gasteiger partial charge in [-0.1, -0.05) is 23.7 Å². The minimum atomic E-state index is -0.808. The monoisotopic (exact) mass is 444 g/mol. The van der Waals surface area contributed by atoms with Crippen LogP contribution in [0.25, 0.3) is 5.76 Å². The Hall–Kier alpha value is -2.74. The highest BCUT2D eigenvalue weighted by molar-refractivity contribution is 6.46. The standard InChI is InChI=1S/C23H22ClFN2O4/c24-17-5-1-16(2-6-17)21(28)19-20(15-3-7-18(25)8-4-15)27(23(30)22(19)29)10-9-26-11-13-31-14-12-26/h1-8,20,28H,9-14H2/b21-19+/t20-/m0/s1. The first-order valence-electron chi connectivity index (χ1n) is 10.1. The number of aliphatic hydroxyl groups is 1. The summed E-state index contributed by atoms with van der Waals surface area (Å²) in [5.74, 6) is -2.15. The number of likely N-dealkylation sites (tertiary alicyclic amines) is 1. The number of aliphatic hydroxyl groups excluding tert-OH is 1. The van der Waals surface area contributed by atoms with Gasteiger partial charge in [-0.3, -0.25) is 14.5 Å². The van der Waals surface area contributed by atoms with Crippen molar-refractivity contribution in [3.63, 3.8) is 0 Å². The molecule has 1 N–H and O–H groups in total. The summed E-state index contributed by atoms with van der Waals surface area (Å²) in [6, 6.07) is 11.2. The van der Waals surface area contributed by atoms with E-state index in [0.29, 0.717) is 42.5 Å². The van der Waals surface area contributed by atoms with Gasteiger partial charge in [-0.05, 0) is 42.0 Å². The van der Waals surface area contributed by atoms with Crippen LogP contribution in [0.5, 0.6) is 0 Å². The van der Waals surface area contributed by atoms with Crippen LogP contribution in [0.1, 0.15) is 17.2 Å². The molecule has 8 heteroatoms. The molecule has 2 aliphatic heterocycles. The summed E-state index contributed by atoms with van der Waals surface area (Å²) >= 11 is 5.93. The number of morpholine rings is 1. The molecular formula is C23H22ClFN2O4. The summed E-state index contributed by atoms with van der Waals surface area (Å²) in [7, 11) is 0. The molecule has 6 nitrogen and oxygen atoms in total. The van der Waals surface area contributed by atoms with Crippen molar-refractivity contribution in [1.29, 1.82) is 0 Å². The Morgan fingerprint density at radius 3 is 2.32 bits per heavy atom. The molecule has 0 bridgehead atoms. The Kier molecular flexibility index (Phi) is 6.36. The van der Waals surface area contributed by atoms with Gasteiger partial charge in [0.05, 0.1) is 24.8 Å². The van der Waals surface area contributed by atoms with Crippen LogP contribution in [0.2, 0.25) is 5.02 Å². The zero-order valence-electron chi connectivity index (χ0n) is 16.8. The smallest absolute Gasteiger partial charge is 0.295 e. The number of benzene rings is 2. The summed E-state index contributed by atoms with van der Waals surface area (Å²) in [5.41, 5.74) is 0.918. The number of carbonyl (C=O) groups excluding carboxylic acids is 2. The average molecular weight is 445 g/mol. The number of hydrogen-bond donors (Lipinski definition) is 1. The highest BCUT2D eigenvalue weighted by atomic mass is 35.5. The van der Waals surface area contributed by atoms with Gasteiger partial charge in [0.1, 0.15) is 11.6 Å². The van der Waals surface area contributed by atoms with Gasteiger partial charge in [0.15, 0.2) is 0 Å². The van der Waals surface area contributed by atoms with E-state index in [0.717, 1.165) is 13.1 Å². The first-order valence-corrected chi connectivity index (χ1v) is 10.4. The third-order valence-electron chi connectivity index (χ3n) is 5.60. The molecule has 2 fully saturated rings. The van der Waals surface area contributed by atoms with Crippen molar-refractivity contribution in [3.8, 4) is 0 Å². The van der Waals surface area contributed by atoms with Crippen LogP contribution in [0.3, 0.4) is 0 Å². The number of rotatable bonds is 5. The van der Waals surface area contributed by atoms with Gasteiger partial charge in [-0.15, -0.1) is 0 Å². The fraction of sp³-hybridized carbons (Fsp3) is 0.304. The molecule has 1 amide bonds. The lowest BCUT2D eigenvalue weighted by atomic mass is 9.95. The Bertz CT molecular complexity index is 1000. The van der Waals surface area contributed by atoms with Crippen molar-refractivity contribution in [2.75, 3.05) is 39.4 Å². The molecule has 0 unspecified atom stereocenters. The molecule has 2 aromatic rings. The molecule has 31 heavy (non-hydrogen) atoms. The van der Waals surface area contributed by atoms with Crippen molar-refractivity contribution in [1.82, 2.24) is 9.80 Å². The van der Waals surface area contributed by atoms with Crippen molar-refractivity contribution in [2.24, 2.45) is 0 Å². The average Bonchev–Trinajstić information content (AvgIpc) is 3.04. The Morgan fingerprint density at radius 2 is 1.68 bits per heavy atom.